The summed E-state index contributed by atoms with van der Waals surface area (Å²) in [5.41, 5.74) is 1.83. The van der Waals surface area contributed by atoms with Gasteiger partial charge in [0.15, 0.2) is 0 Å². The number of rotatable bonds is 4. The molecular weight excluding hydrogens is 212 g/mol. The number of hydrogen-bond acceptors (Lipinski definition) is 2. The molecule has 2 heteroatoms. The minimum Gasteiger partial charge on any atom is -0.501 e. The van der Waals surface area contributed by atoms with Crippen molar-refractivity contribution in [1.82, 2.24) is 0 Å². The van der Waals surface area contributed by atoms with E-state index in [0.717, 1.165) is 6.61 Å². The molecule has 2 bridgehead atoms. The van der Waals surface area contributed by atoms with E-state index in [9.17, 15) is 0 Å². The van der Waals surface area contributed by atoms with E-state index in [1.165, 1.54) is 56.9 Å². The molecule has 3 unspecified atom stereocenters. The number of allylic oxidation sites excluding steroid dienone is 1. The highest BCUT2D eigenvalue weighted by molar-refractivity contribution is 5.04. The quantitative estimate of drug-likeness (QED) is 0.691. The molecule has 2 nitrogen and oxygen atoms in total. The van der Waals surface area contributed by atoms with Crippen molar-refractivity contribution in [3.63, 3.8) is 0 Å². The smallest absolute Gasteiger partial charge is 0.0955 e. The summed E-state index contributed by atoms with van der Waals surface area (Å²) in [6.45, 7) is 3.16. The number of ether oxygens (including phenoxy) is 2. The maximum absolute atomic E-state index is 6.00. The monoisotopic (exact) mass is 236 g/mol. The van der Waals surface area contributed by atoms with Gasteiger partial charge >= 0.3 is 0 Å². The van der Waals surface area contributed by atoms with Gasteiger partial charge in [-0.1, -0.05) is 6.92 Å². The third kappa shape index (κ3) is 2.12. The van der Waals surface area contributed by atoms with E-state index in [4.69, 9.17) is 9.47 Å². The van der Waals surface area contributed by atoms with Gasteiger partial charge in [0.25, 0.3) is 0 Å². The lowest BCUT2D eigenvalue weighted by Crippen LogP contribution is -2.36. The van der Waals surface area contributed by atoms with Gasteiger partial charge in [-0.25, -0.2) is 0 Å². The molecule has 0 radical (unpaired) electrons. The van der Waals surface area contributed by atoms with E-state index in [1.54, 1.807) is 0 Å². The molecular formula is C15H24O2. The molecule has 0 aromatic rings. The van der Waals surface area contributed by atoms with E-state index in [0.29, 0.717) is 17.6 Å². The van der Waals surface area contributed by atoms with E-state index >= 15 is 0 Å². The first-order valence-corrected chi connectivity index (χ1v) is 7.27. The van der Waals surface area contributed by atoms with Gasteiger partial charge in [0.2, 0.25) is 0 Å². The second-order valence-electron chi connectivity index (χ2n) is 6.04. The second-order valence-corrected chi connectivity index (χ2v) is 6.04. The molecule has 3 aliphatic rings. The lowest BCUT2D eigenvalue weighted by Gasteiger charge is -2.33. The average molecular weight is 236 g/mol. The zero-order chi connectivity index (χ0) is 11.7. The fraction of sp³-hybridized carbons (Fsp3) is 0.867. The van der Waals surface area contributed by atoms with Crippen molar-refractivity contribution in [3.8, 4) is 0 Å². The topological polar surface area (TPSA) is 18.5 Å². The van der Waals surface area contributed by atoms with E-state index in [2.05, 4.69) is 13.2 Å². The highest BCUT2D eigenvalue weighted by Crippen LogP contribution is 2.49. The highest BCUT2D eigenvalue weighted by atomic mass is 16.5. The summed E-state index contributed by atoms with van der Waals surface area (Å²) in [5, 5.41) is 0. The van der Waals surface area contributed by atoms with Crippen LogP contribution in [0.4, 0.5) is 0 Å². The molecule has 3 rings (SSSR count). The van der Waals surface area contributed by atoms with Gasteiger partial charge in [-0.2, -0.15) is 0 Å². The van der Waals surface area contributed by atoms with Gasteiger partial charge in [0.05, 0.1) is 25.1 Å². The standard InChI is InChI=1S/C15H24O2/c1-2-15(9-13-7-8-14(15)17-13)11-16-10-12-5-3-4-6-12/h10,13-14H,2-9,11H2,1H3. The van der Waals surface area contributed by atoms with Crippen molar-refractivity contribution in [3.05, 3.63) is 11.8 Å². The van der Waals surface area contributed by atoms with Crippen molar-refractivity contribution in [2.24, 2.45) is 5.41 Å². The number of hydrogen-bond donors (Lipinski definition) is 0. The van der Waals surface area contributed by atoms with Crippen LogP contribution in [0.15, 0.2) is 11.8 Å². The SMILES string of the molecule is CCC1(COC=C2CCCC2)CC2CCC1O2. The molecule has 96 valence electrons. The van der Waals surface area contributed by atoms with E-state index in [-0.39, 0.29) is 0 Å². The van der Waals surface area contributed by atoms with Crippen LogP contribution in [-0.2, 0) is 9.47 Å². The lowest BCUT2D eigenvalue weighted by molar-refractivity contribution is 0.0183. The van der Waals surface area contributed by atoms with Crippen molar-refractivity contribution in [2.75, 3.05) is 6.61 Å². The number of fused-ring (bicyclic) bond motifs is 2. The van der Waals surface area contributed by atoms with Crippen LogP contribution in [0.25, 0.3) is 0 Å². The Balaban J connectivity index is 1.57. The van der Waals surface area contributed by atoms with E-state index in [1.807, 2.05) is 0 Å². The van der Waals surface area contributed by atoms with Gasteiger partial charge in [-0.15, -0.1) is 0 Å². The van der Waals surface area contributed by atoms with Gasteiger partial charge in [-0.05, 0) is 56.9 Å². The fourth-order valence-corrected chi connectivity index (χ4v) is 3.79. The predicted molar refractivity (Wildman–Crippen MR) is 67.7 cm³/mol. The predicted octanol–water partition coefficient (Wildman–Crippen LogP) is 3.81. The fourth-order valence-electron chi connectivity index (χ4n) is 3.79. The van der Waals surface area contributed by atoms with Crippen LogP contribution in [0.3, 0.4) is 0 Å². The molecule has 3 atom stereocenters. The summed E-state index contributed by atoms with van der Waals surface area (Å²) < 4.78 is 11.9. The first-order chi connectivity index (χ1) is 8.32. The minimum absolute atomic E-state index is 0.318. The Morgan fingerprint density at radius 1 is 1.35 bits per heavy atom. The molecule has 0 aromatic carbocycles. The Hall–Kier alpha value is -0.500. The maximum atomic E-state index is 6.00. The van der Waals surface area contributed by atoms with Crippen LogP contribution in [-0.4, -0.2) is 18.8 Å². The maximum Gasteiger partial charge on any atom is 0.0955 e. The average Bonchev–Trinajstić information content (AvgIpc) is 3.04. The molecule has 0 spiro atoms. The zero-order valence-electron chi connectivity index (χ0n) is 10.9. The van der Waals surface area contributed by atoms with Gasteiger partial charge in [0, 0.05) is 5.41 Å². The van der Waals surface area contributed by atoms with Gasteiger partial charge in [0.1, 0.15) is 0 Å². The molecule has 2 heterocycles. The first-order valence-electron chi connectivity index (χ1n) is 7.27. The van der Waals surface area contributed by atoms with Crippen LogP contribution in [0.5, 0.6) is 0 Å². The third-order valence-electron chi connectivity index (χ3n) is 5.00. The minimum atomic E-state index is 0.318. The second kappa shape index (κ2) is 4.64. The van der Waals surface area contributed by atoms with Crippen LogP contribution < -0.4 is 0 Å². The zero-order valence-corrected chi connectivity index (χ0v) is 10.9. The largest absolute Gasteiger partial charge is 0.501 e. The molecule has 3 fully saturated rings. The summed E-state index contributed by atoms with van der Waals surface area (Å²) in [6, 6.07) is 0. The van der Waals surface area contributed by atoms with Crippen molar-refractivity contribution < 1.29 is 9.47 Å². The molecule has 1 aliphatic carbocycles. The summed E-state index contributed by atoms with van der Waals surface area (Å²) in [7, 11) is 0. The van der Waals surface area contributed by atoms with Gasteiger partial charge in [-0.3, -0.25) is 0 Å². The third-order valence-corrected chi connectivity index (χ3v) is 5.00. The Morgan fingerprint density at radius 2 is 2.18 bits per heavy atom. The van der Waals surface area contributed by atoms with Gasteiger partial charge < -0.3 is 9.47 Å². The molecule has 0 N–H and O–H groups in total. The lowest BCUT2D eigenvalue weighted by atomic mass is 9.73. The molecule has 0 aromatic heterocycles. The van der Waals surface area contributed by atoms with Crippen LogP contribution in [0, 0.1) is 5.41 Å². The molecule has 1 saturated carbocycles. The molecule has 0 amide bonds. The van der Waals surface area contributed by atoms with Crippen LogP contribution >= 0.6 is 0 Å². The first kappa shape index (κ1) is 11.6. The van der Waals surface area contributed by atoms with Crippen molar-refractivity contribution in [1.29, 1.82) is 0 Å². The van der Waals surface area contributed by atoms with Crippen molar-refractivity contribution in [2.45, 2.75) is 70.5 Å². The van der Waals surface area contributed by atoms with Crippen molar-refractivity contribution >= 4 is 0 Å². The summed E-state index contributed by atoms with van der Waals surface area (Å²) in [6.07, 6.45) is 13.2. The molecule has 2 saturated heterocycles. The Kier molecular flexibility index (Phi) is 3.16. The van der Waals surface area contributed by atoms with E-state index < -0.39 is 0 Å². The molecule has 2 aliphatic heterocycles. The van der Waals surface area contributed by atoms with Crippen LogP contribution in [0.2, 0.25) is 0 Å². The summed E-state index contributed by atoms with van der Waals surface area (Å²) in [5.74, 6) is 0. The molecule has 17 heavy (non-hydrogen) atoms. The Morgan fingerprint density at radius 3 is 2.76 bits per heavy atom. The highest BCUT2D eigenvalue weighted by Gasteiger charge is 2.51. The Bertz CT molecular complexity index is 302. The van der Waals surface area contributed by atoms with Crippen LogP contribution in [0.1, 0.15) is 58.3 Å². The summed E-state index contributed by atoms with van der Waals surface area (Å²) in [4.78, 5) is 0. The normalized spacial score (nSPS) is 39.9. The Labute approximate surface area is 104 Å². The summed E-state index contributed by atoms with van der Waals surface area (Å²) >= 11 is 0.